The van der Waals surface area contributed by atoms with Crippen molar-refractivity contribution in [2.24, 2.45) is 0 Å². The largest absolute Gasteiger partial charge is 0.349 e. The molecular formula is C23H25N5O2S. The molecule has 1 aliphatic rings. The Hall–Kier alpha value is -3.10. The number of nitrogens with zero attached hydrogens (tertiary/aromatic N) is 3. The van der Waals surface area contributed by atoms with Crippen molar-refractivity contribution < 1.29 is 9.59 Å². The SMILES string of the molecule is Cc1nnc(C(=O)Nc2cccc(C(=O)NC3CCN(Cc4ccccc4)CC3)c2)s1. The molecule has 1 aromatic heterocycles. The summed E-state index contributed by atoms with van der Waals surface area (Å²) in [5.74, 6) is -0.446. The maximum Gasteiger partial charge on any atom is 0.286 e. The number of nitrogens with one attached hydrogen (secondary N) is 2. The average Bonchev–Trinajstić information content (AvgIpc) is 3.22. The lowest BCUT2D eigenvalue weighted by Crippen LogP contribution is -2.44. The topological polar surface area (TPSA) is 87.2 Å². The van der Waals surface area contributed by atoms with E-state index in [-0.39, 0.29) is 17.9 Å². The minimum atomic E-state index is -0.325. The number of rotatable bonds is 6. The molecule has 1 saturated heterocycles. The highest BCUT2D eigenvalue weighted by molar-refractivity contribution is 7.13. The number of hydrogen-bond donors (Lipinski definition) is 2. The number of carbonyl (C=O) groups is 2. The molecule has 2 N–H and O–H groups in total. The average molecular weight is 436 g/mol. The molecule has 0 aliphatic carbocycles. The van der Waals surface area contributed by atoms with Crippen LogP contribution in [0.1, 0.15) is 43.6 Å². The summed E-state index contributed by atoms with van der Waals surface area (Å²) in [4.78, 5) is 27.4. The number of hydrogen-bond acceptors (Lipinski definition) is 6. The highest BCUT2D eigenvalue weighted by Gasteiger charge is 2.21. The van der Waals surface area contributed by atoms with E-state index in [0.717, 1.165) is 37.5 Å². The maximum atomic E-state index is 12.7. The van der Waals surface area contributed by atoms with Gasteiger partial charge in [0.25, 0.3) is 11.8 Å². The van der Waals surface area contributed by atoms with Gasteiger partial charge in [-0.3, -0.25) is 14.5 Å². The van der Waals surface area contributed by atoms with Gasteiger partial charge in [0.15, 0.2) is 0 Å². The van der Waals surface area contributed by atoms with Crippen LogP contribution in [0, 0.1) is 6.92 Å². The third-order valence-electron chi connectivity index (χ3n) is 5.27. The van der Waals surface area contributed by atoms with Crippen LogP contribution >= 0.6 is 11.3 Å². The van der Waals surface area contributed by atoms with Gasteiger partial charge in [0, 0.05) is 36.9 Å². The summed E-state index contributed by atoms with van der Waals surface area (Å²) in [6.45, 7) is 4.65. The second-order valence-corrected chi connectivity index (χ2v) is 8.85. The predicted octanol–water partition coefficient (Wildman–Crippen LogP) is 3.49. The first kappa shape index (κ1) is 21.1. The molecule has 31 heavy (non-hydrogen) atoms. The van der Waals surface area contributed by atoms with Crippen molar-refractivity contribution in [2.75, 3.05) is 18.4 Å². The third-order valence-corrected chi connectivity index (χ3v) is 6.11. The molecule has 160 valence electrons. The zero-order valence-corrected chi connectivity index (χ0v) is 18.2. The van der Waals surface area contributed by atoms with Crippen LogP contribution in [0.3, 0.4) is 0 Å². The molecule has 2 aromatic carbocycles. The standard InChI is InChI=1S/C23H25N5O2S/c1-16-26-27-23(31-16)22(30)25-20-9-5-8-18(14-20)21(29)24-19-10-12-28(13-11-19)15-17-6-3-2-4-7-17/h2-9,14,19H,10-13,15H2,1H3,(H,24,29)(H,25,30). The highest BCUT2D eigenvalue weighted by Crippen LogP contribution is 2.17. The first-order valence-electron chi connectivity index (χ1n) is 10.4. The van der Waals surface area contributed by atoms with Crippen molar-refractivity contribution in [2.45, 2.75) is 32.4 Å². The van der Waals surface area contributed by atoms with Gasteiger partial charge in [-0.2, -0.15) is 0 Å². The van der Waals surface area contributed by atoms with Gasteiger partial charge in [-0.25, -0.2) is 0 Å². The van der Waals surface area contributed by atoms with E-state index >= 15 is 0 Å². The molecule has 3 aromatic rings. The smallest absolute Gasteiger partial charge is 0.286 e. The highest BCUT2D eigenvalue weighted by atomic mass is 32.1. The lowest BCUT2D eigenvalue weighted by Gasteiger charge is -2.32. The van der Waals surface area contributed by atoms with E-state index in [0.29, 0.717) is 16.3 Å². The predicted molar refractivity (Wildman–Crippen MR) is 121 cm³/mol. The van der Waals surface area contributed by atoms with Crippen molar-refractivity contribution in [3.63, 3.8) is 0 Å². The van der Waals surface area contributed by atoms with Gasteiger partial charge in [0.2, 0.25) is 5.01 Å². The van der Waals surface area contributed by atoms with Crippen molar-refractivity contribution in [1.29, 1.82) is 0 Å². The van der Waals surface area contributed by atoms with Gasteiger partial charge >= 0.3 is 0 Å². The summed E-state index contributed by atoms with van der Waals surface area (Å²) in [6, 6.07) is 17.6. The summed E-state index contributed by atoms with van der Waals surface area (Å²) in [5, 5.41) is 14.7. The minimum absolute atomic E-state index is 0.121. The number of benzene rings is 2. The number of piperidine rings is 1. The van der Waals surface area contributed by atoms with Crippen LogP contribution in [-0.2, 0) is 6.54 Å². The molecule has 7 nitrogen and oxygen atoms in total. The van der Waals surface area contributed by atoms with Crippen LogP contribution in [0.4, 0.5) is 5.69 Å². The van der Waals surface area contributed by atoms with Crippen LogP contribution in [0.15, 0.2) is 54.6 Å². The van der Waals surface area contributed by atoms with Crippen LogP contribution in [0.25, 0.3) is 0 Å². The number of anilines is 1. The van der Waals surface area contributed by atoms with Crippen molar-refractivity contribution >= 4 is 28.8 Å². The molecule has 0 atom stereocenters. The summed E-state index contributed by atoms with van der Waals surface area (Å²) in [6.07, 6.45) is 1.84. The van der Waals surface area contributed by atoms with Gasteiger partial charge in [0.1, 0.15) is 5.01 Å². The number of aryl methyl sites for hydroxylation is 1. The second kappa shape index (κ2) is 9.80. The molecule has 8 heteroatoms. The summed E-state index contributed by atoms with van der Waals surface area (Å²) >= 11 is 1.23. The fraction of sp³-hybridized carbons (Fsp3) is 0.304. The lowest BCUT2D eigenvalue weighted by molar-refractivity contribution is 0.0908. The Bertz CT molecular complexity index is 1040. The molecular weight excluding hydrogens is 410 g/mol. The van der Waals surface area contributed by atoms with Crippen molar-refractivity contribution in [3.8, 4) is 0 Å². The maximum absolute atomic E-state index is 12.7. The molecule has 0 bridgehead atoms. The molecule has 1 fully saturated rings. The van der Waals surface area contributed by atoms with E-state index in [1.807, 2.05) is 6.07 Å². The van der Waals surface area contributed by atoms with Gasteiger partial charge in [-0.15, -0.1) is 10.2 Å². The van der Waals surface area contributed by atoms with E-state index in [2.05, 4.69) is 50.0 Å². The van der Waals surface area contributed by atoms with E-state index < -0.39 is 0 Å². The van der Waals surface area contributed by atoms with E-state index in [1.54, 1.807) is 31.2 Å². The van der Waals surface area contributed by atoms with Crippen molar-refractivity contribution in [3.05, 3.63) is 75.7 Å². The summed E-state index contributed by atoms with van der Waals surface area (Å²) in [7, 11) is 0. The number of likely N-dealkylation sites (tertiary alicyclic amines) is 1. The molecule has 0 radical (unpaired) electrons. The Kier molecular flexibility index (Phi) is 6.69. The van der Waals surface area contributed by atoms with Gasteiger partial charge < -0.3 is 10.6 Å². The fourth-order valence-electron chi connectivity index (χ4n) is 3.66. The van der Waals surface area contributed by atoms with Gasteiger partial charge in [-0.1, -0.05) is 47.7 Å². The Balaban J connectivity index is 1.29. The minimum Gasteiger partial charge on any atom is -0.349 e. The van der Waals surface area contributed by atoms with Crippen LogP contribution in [-0.4, -0.2) is 46.0 Å². The summed E-state index contributed by atoms with van der Waals surface area (Å²) < 4.78 is 0. The van der Waals surface area contributed by atoms with Gasteiger partial charge in [0.05, 0.1) is 0 Å². The monoisotopic (exact) mass is 435 g/mol. The molecule has 0 unspecified atom stereocenters. The first-order valence-corrected chi connectivity index (χ1v) is 11.2. The normalized spacial score (nSPS) is 14.9. The Labute approximate surface area is 185 Å². The fourth-order valence-corrected chi connectivity index (χ4v) is 4.24. The van der Waals surface area contributed by atoms with Crippen LogP contribution in [0.2, 0.25) is 0 Å². The zero-order valence-electron chi connectivity index (χ0n) is 17.4. The lowest BCUT2D eigenvalue weighted by atomic mass is 10.0. The summed E-state index contributed by atoms with van der Waals surface area (Å²) in [5.41, 5.74) is 2.40. The molecule has 4 rings (SSSR count). The van der Waals surface area contributed by atoms with Crippen LogP contribution < -0.4 is 10.6 Å². The van der Waals surface area contributed by atoms with Crippen LogP contribution in [0.5, 0.6) is 0 Å². The molecule has 0 spiro atoms. The molecule has 2 heterocycles. The van der Waals surface area contributed by atoms with Gasteiger partial charge in [-0.05, 0) is 43.5 Å². The number of carbonyl (C=O) groups excluding carboxylic acids is 2. The molecule has 2 amide bonds. The molecule has 0 saturated carbocycles. The van der Waals surface area contributed by atoms with E-state index in [9.17, 15) is 9.59 Å². The second-order valence-electron chi connectivity index (χ2n) is 7.67. The van der Waals surface area contributed by atoms with Crippen molar-refractivity contribution in [1.82, 2.24) is 20.4 Å². The Morgan fingerprint density at radius 1 is 1.03 bits per heavy atom. The van der Waals surface area contributed by atoms with E-state index in [4.69, 9.17) is 0 Å². The number of amides is 2. The molecule has 1 aliphatic heterocycles. The first-order chi connectivity index (χ1) is 15.1. The Morgan fingerprint density at radius 3 is 2.52 bits per heavy atom. The third kappa shape index (κ3) is 5.74. The Morgan fingerprint density at radius 2 is 1.81 bits per heavy atom. The quantitative estimate of drug-likeness (QED) is 0.619. The van der Waals surface area contributed by atoms with E-state index in [1.165, 1.54) is 16.9 Å². The zero-order chi connectivity index (χ0) is 21.6. The number of aromatic nitrogens is 2.